The lowest BCUT2D eigenvalue weighted by Crippen LogP contribution is -2.19. The second kappa shape index (κ2) is 11.1. The van der Waals surface area contributed by atoms with E-state index in [4.69, 9.17) is 10.00 Å². The molecule has 0 saturated carbocycles. The predicted octanol–water partition coefficient (Wildman–Crippen LogP) is 6.49. The maximum atomic E-state index is 12.3. The first-order valence-electron chi connectivity index (χ1n) is 11.9. The van der Waals surface area contributed by atoms with Gasteiger partial charge in [-0.15, -0.1) is 5.10 Å². The van der Waals surface area contributed by atoms with Crippen molar-refractivity contribution in [1.82, 2.24) is 10.2 Å². The van der Waals surface area contributed by atoms with Crippen LogP contribution in [-0.2, 0) is 6.42 Å². The molecule has 5 aromatic rings. The summed E-state index contributed by atoms with van der Waals surface area (Å²) >= 11 is 0. The zero-order chi connectivity index (χ0) is 26.3. The quantitative estimate of drug-likeness (QED) is 0.236. The Morgan fingerprint density at radius 3 is 2.03 bits per heavy atom. The Kier molecular flexibility index (Phi) is 7.09. The van der Waals surface area contributed by atoms with Crippen LogP contribution < -0.4 is 20.7 Å². The van der Waals surface area contributed by atoms with Gasteiger partial charge in [-0.2, -0.15) is 10.4 Å². The summed E-state index contributed by atoms with van der Waals surface area (Å²) in [6.07, 6.45) is 0.655. The second-order valence-corrected chi connectivity index (χ2v) is 8.54. The molecule has 2 amide bonds. The lowest BCUT2D eigenvalue weighted by atomic mass is 10.0. The van der Waals surface area contributed by atoms with Crippen molar-refractivity contribution in [2.45, 2.75) is 6.42 Å². The molecule has 3 N–H and O–H groups in total. The third-order valence-corrected chi connectivity index (χ3v) is 5.97. The molecule has 0 saturated heterocycles. The molecule has 186 valence electrons. The number of urea groups is 1. The highest BCUT2D eigenvalue weighted by Gasteiger charge is 2.11. The zero-order valence-electron chi connectivity index (χ0n) is 20.6. The molecule has 0 fully saturated rings. The van der Waals surface area contributed by atoms with Gasteiger partial charge in [0.2, 0.25) is 0 Å². The van der Waals surface area contributed by atoms with Crippen molar-refractivity contribution < 1.29 is 9.53 Å². The highest BCUT2D eigenvalue weighted by Crippen LogP contribution is 2.28. The molecule has 5 rings (SSSR count). The summed E-state index contributed by atoms with van der Waals surface area (Å²) < 4.78 is 5.25. The van der Waals surface area contributed by atoms with E-state index >= 15 is 0 Å². The molecule has 0 aliphatic heterocycles. The second-order valence-electron chi connectivity index (χ2n) is 8.54. The summed E-state index contributed by atoms with van der Waals surface area (Å²) in [5.74, 6) is 1.47. The van der Waals surface area contributed by atoms with Crippen molar-refractivity contribution in [3.8, 4) is 11.8 Å². The van der Waals surface area contributed by atoms with Crippen molar-refractivity contribution in [2.24, 2.45) is 0 Å². The fourth-order valence-electron chi connectivity index (χ4n) is 4.01. The maximum Gasteiger partial charge on any atom is 0.323 e. The average molecular weight is 501 g/mol. The number of nitriles is 1. The topological polar surface area (TPSA) is 112 Å². The molecule has 38 heavy (non-hydrogen) atoms. The van der Waals surface area contributed by atoms with Crippen molar-refractivity contribution in [1.29, 1.82) is 5.26 Å². The van der Waals surface area contributed by atoms with Gasteiger partial charge in [-0.3, -0.25) is 0 Å². The Bertz CT molecular complexity index is 1610. The number of nitrogens with one attached hydrogen (secondary N) is 3. The summed E-state index contributed by atoms with van der Waals surface area (Å²) in [4.78, 5) is 12.3. The van der Waals surface area contributed by atoms with Crippen molar-refractivity contribution in [3.05, 3.63) is 114 Å². The van der Waals surface area contributed by atoms with Gasteiger partial charge in [0.15, 0.2) is 5.82 Å². The predicted molar refractivity (Wildman–Crippen MR) is 149 cm³/mol. The Balaban J connectivity index is 1.27. The molecule has 1 heterocycles. The zero-order valence-corrected chi connectivity index (χ0v) is 20.6. The van der Waals surface area contributed by atoms with Crippen LogP contribution in [0, 0.1) is 11.3 Å². The van der Waals surface area contributed by atoms with Gasteiger partial charge in [0.25, 0.3) is 0 Å². The number of anilines is 4. The Labute approximate surface area is 219 Å². The van der Waals surface area contributed by atoms with Crippen LogP contribution >= 0.6 is 0 Å². The van der Waals surface area contributed by atoms with Gasteiger partial charge < -0.3 is 20.7 Å². The molecule has 1 aromatic heterocycles. The van der Waals surface area contributed by atoms with Crippen LogP contribution in [-0.4, -0.2) is 23.3 Å². The summed E-state index contributed by atoms with van der Waals surface area (Å²) in [5.41, 5.74) is 4.59. The van der Waals surface area contributed by atoms with Crippen LogP contribution in [0.15, 0.2) is 97.1 Å². The van der Waals surface area contributed by atoms with Crippen LogP contribution in [0.25, 0.3) is 10.8 Å². The minimum atomic E-state index is -0.375. The first kappa shape index (κ1) is 24.3. The van der Waals surface area contributed by atoms with E-state index in [0.29, 0.717) is 29.2 Å². The van der Waals surface area contributed by atoms with Gasteiger partial charge >= 0.3 is 6.03 Å². The summed E-state index contributed by atoms with van der Waals surface area (Å²) in [6, 6.07) is 31.6. The molecule has 8 nitrogen and oxygen atoms in total. The van der Waals surface area contributed by atoms with E-state index < -0.39 is 0 Å². The van der Waals surface area contributed by atoms with Gasteiger partial charge in [-0.25, -0.2) is 4.79 Å². The number of ether oxygens (including phenoxy) is 1. The highest BCUT2D eigenvalue weighted by molar-refractivity contribution is 6.00. The van der Waals surface area contributed by atoms with E-state index in [9.17, 15) is 4.79 Å². The third kappa shape index (κ3) is 5.69. The van der Waals surface area contributed by atoms with Gasteiger partial charge in [0, 0.05) is 34.3 Å². The fraction of sp³-hybridized carbons (Fsp3) is 0.0667. The molecule has 0 radical (unpaired) electrons. The smallest absolute Gasteiger partial charge is 0.323 e. The lowest BCUT2D eigenvalue weighted by Gasteiger charge is -2.12. The minimum absolute atomic E-state index is 0.375. The monoisotopic (exact) mass is 500 g/mol. The first-order chi connectivity index (χ1) is 18.6. The number of hydrogen-bond donors (Lipinski definition) is 3. The number of fused-ring (bicyclic) bond motifs is 1. The standard InChI is InChI=1S/C30H24N6O2/c1-38-25-16-8-20(9-17-25)18-28-26-4-2-3-5-27(26)29(36-35-28)32-22-12-14-24(15-13-22)34-30(37)33-23-10-6-21(19-31)7-11-23/h2-17H,18H2,1H3,(H,32,36)(H2,33,34,37). The first-order valence-corrected chi connectivity index (χ1v) is 11.9. The number of aromatic nitrogens is 2. The largest absolute Gasteiger partial charge is 0.497 e. The van der Waals surface area contributed by atoms with Crippen molar-refractivity contribution in [3.63, 3.8) is 0 Å². The van der Waals surface area contributed by atoms with Crippen LogP contribution in [0.5, 0.6) is 5.75 Å². The summed E-state index contributed by atoms with van der Waals surface area (Å²) in [7, 11) is 1.65. The number of nitrogens with zero attached hydrogens (tertiary/aromatic N) is 3. The van der Waals surface area contributed by atoms with E-state index in [0.717, 1.165) is 33.5 Å². The number of benzene rings is 4. The molecule has 0 bridgehead atoms. The van der Waals surface area contributed by atoms with Crippen molar-refractivity contribution in [2.75, 3.05) is 23.1 Å². The van der Waals surface area contributed by atoms with Gasteiger partial charge in [0.1, 0.15) is 5.75 Å². The lowest BCUT2D eigenvalue weighted by molar-refractivity contribution is 0.262. The normalized spacial score (nSPS) is 10.4. The van der Waals surface area contributed by atoms with E-state index in [2.05, 4.69) is 26.1 Å². The van der Waals surface area contributed by atoms with E-state index in [1.54, 1.807) is 43.5 Å². The van der Waals surface area contributed by atoms with Gasteiger partial charge in [-0.05, 0) is 66.2 Å². The third-order valence-electron chi connectivity index (χ3n) is 5.97. The number of rotatable bonds is 7. The number of carbonyl (C=O) groups is 1. The SMILES string of the molecule is COc1ccc(Cc2nnc(Nc3ccc(NC(=O)Nc4ccc(C#N)cc4)cc3)c3ccccc23)cc1. The average Bonchev–Trinajstić information content (AvgIpc) is 2.96. The van der Waals surface area contributed by atoms with Gasteiger partial charge in [-0.1, -0.05) is 36.4 Å². The molecule has 0 unspecified atom stereocenters. The van der Waals surface area contributed by atoms with Gasteiger partial charge in [0.05, 0.1) is 24.4 Å². The van der Waals surface area contributed by atoms with E-state index in [-0.39, 0.29) is 6.03 Å². The molecule has 0 spiro atoms. The van der Waals surface area contributed by atoms with E-state index in [1.807, 2.05) is 66.7 Å². The highest BCUT2D eigenvalue weighted by atomic mass is 16.5. The molecular weight excluding hydrogens is 476 g/mol. The molecule has 0 aliphatic carbocycles. The molecule has 8 heteroatoms. The number of methoxy groups -OCH3 is 1. The minimum Gasteiger partial charge on any atom is -0.497 e. The Morgan fingerprint density at radius 2 is 1.39 bits per heavy atom. The fourth-order valence-corrected chi connectivity index (χ4v) is 4.01. The number of carbonyl (C=O) groups excluding carboxylic acids is 1. The Hall–Kier alpha value is -5.42. The van der Waals surface area contributed by atoms with Crippen LogP contribution in [0.3, 0.4) is 0 Å². The summed E-state index contributed by atoms with van der Waals surface area (Å²) in [6.45, 7) is 0. The Morgan fingerprint density at radius 1 is 0.789 bits per heavy atom. The molecule has 4 aromatic carbocycles. The molecule has 0 aliphatic rings. The van der Waals surface area contributed by atoms with Crippen LogP contribution in [0.2, 0.25) is 0 Å². The van der Waals surface area contributed by atoms with Crippen LogP contribution in [0.4, 0.5) is 27.7 Å². The number of hydrogen-bond acceptors (Lipinski definition) is 6. The number of amides is 2. The van der Waals surface area contributed by atoms with E-state index in [1.165, 1.54) is 0 Å². The molecular formula is C30H24N6O2. The summed E-state index contributed by atoms with van der Waals surface area (Å²) in [5, 5.41) is 28.8. The molecule has 0 atom stereocenters. The maximum absolute atomic E-state index is 12.3. The van der Waals surface area contributed by atoms with Crippen LogP contribution in [0.1, 0.15) is 16.8 Å². The van der Waals surface area contributed by atoms with Crippen molar-refractivity contribution >= 4 is 39.7 Å².